The van der Waals surface area contributed by atoms with Crippen LogP contribution in [-0.2, 0) is 4.79 Å². The van der Waals surface area contributed by atoms with Crippen molar-refractivity contribution in [1.29, 1.82) is 0 Å². The second-order valence-electron chi connectivity index (χ2n) is 2.58. The average Bonchev–Trinajstić information content (AvgIpc) is 1.97. The molecular formula is C7H13F2NO2. The number of carbonyl (C=O) groups excluding carboxylic acids is 1. The molecule has 0 aromatic carbocycles. The van der Waals surface area contributed by atoms with Crippen molar-refractivity contribution in [2.24, 2.45) is 0 Å². The summed E-state index contributed by atoms with van der Waals surface area (Å²) in [5.74, 6) is -1.25. The molecule has 0 heterocycles. The predicted molar refractivity (Wildman–Crippen MR) is 39.9 cm³/mol. The van der Waals surface area contributed by atoms with E-state index in [2.05, 4.69) is 0 Å². The highest BCUT2D eigenvalue weighted by Gasteiger charge is 2.13. The van der Waals surface area contributed by atoms with Gasteiger partial charge in [-0.1, -0.05) is 0 Å². The number of halogens is 2. The van der Waals surface area contributed by atoms with Crippen LogP contribution in [0.2, 0.25) is 0 Å². The van der Waals surface area contributed by atoms with Gasteiger partial charge in [0.25, 0.3) is 5.91 Å². The Morgan fingerprint density at radius 1 is 1.58 bits per heavy atom. The first kappa shape index (κ1) is 11.3. The monoisotopic (exact) mass is 181 g/mol. The lowest BCUT2D eigenvalue weighted by Crippen LogP contribution is -2.30. The molecule has 1 unspecified atom stereocenters. The maximum Gasteiger partial charge on any atom is 0.315 e. The fourth-order valence-electron chi connectivity index (χ4n) is 0.686. The number of carbonyl (C=O) groups is 1. The number of hydrogen-bond acceptors (Lipinski definition) is 2. The van der Waals surface area contributed by atoms with Crippen LogP contribution in [0.5, 0.6) is 0 Å². The largest absolute Gasteiger partial charge is 0.393 e. The van der Waals surface area contributed by atoms with Crippen LogP contribution < -0.4 is 5.32 Å². The van der Waals surface area contributed by atoms with E-state index >= 15 is 0 Å². The third-order valence-electron chi connectivity index (χ3n) is 1.30. The molecule has 12 heavy (non-hydrogen) atoms. The predicted octanol–water partition coefficient (Wildman–Crippen LogP) is 0.529. The van der Waals surface area contributed by atoms with E-state index in [0.29, 0.717) is 12.8 Å². The fraction of sp³-hybridized carbons (Fsp3) is 0.857. The van der Waals surface area contributed by atoms with Crippen molar-refractivity contribution in [3.05, 3.63) is 0 Å². The van der Waals surface area contributed by atoms with E-state index in [1.54, 1.807) is 6.92 Å². The second kappa shape index (κ2) is 5.88. The molecular weight excluding hydrogens is 168 g/mol. The summed E-state index contributed by atoms with van der Waals surface area (Å²) in [6.07, 6.45) is -2.38. The maximum absolute atomic E-state index is 11.6. The van der Waals surface area contributed by atoms with Gasteiger partial charge in [-0.3, -0.25) is 4.79 Å². The van der Waals surface area contributed by atoms with Gasteiger partial charge in [-0.05, 0) is 19.8 Å². The first-order valence-corrected chi connectivity index (χ1v) is 3.78. The molecule has 3 nitrogen and oxygen atoms in total. The van der Waals surface area contributed by atoms with Crippen LogP contribution in [0.1, 0.15) is 19.8 Å². The number of aliphatic hydroxyl groups is 1. The van der Waals surface area contributed by atoms with E-state index in [9.17, 15) is 13.6 Å². The molecule has 0 aliphatic heterocycles. The summed E-state index contributed by atoms with van der Waals surface area (Å²) in [5.41, 5.74) is 0. The maximum atomic E-state index is 11.6. The molecule has 2 N–H and O–H groups in total. The summed E-state index contributed by atoms with van der Waals surface area (Å²) >= 11 is 0. The van der Waals surface area contributed by atoms with E-state index in [-0.39, 0.29) is 6.54 Å². The van der Waals surface area contributed by atoms with Gasteiger partial charge in [0, 0.05) is 6.54 Å². The van der Waals surface area contributed by atoms with Gasteiger partial charge in [0.1, 0.15) is 0 Å². The number of rotatable bonds is 5. The fourth-order valence-corrected chi connectivity index (χ4v) is 0.686. The van der Waals surface area contributed by atoms with Crippen molar-refractivity contribution in [1.82, 2.24) is 5.32 Å². The summed E-state index contributed by atoms with van der Waals surface area (Å²) in [5, 5.41) is 10.8. The van der Waals surface area contributed by atoms with Gasteiger partial charge in [0.2, 0.25) is 0 Å². The van der Waals surface area contributed by atoms with E-state index in [0.717, 1.165) is 0 Å². The molecule has 1 amide bonds. The molecule has 0 bridgehead atoms. The van der Waals surface area contributed by atoms with Crippen LogP contribution in [0, 0.1) is 0 Å². The third-order valence-corrected chi connectivity index (χ3v) is 1.30. The number of hydrogen-bond donors (Lipinski definition) is 2. The summed E-state index contributed by atoms with van der Waals surface area (Å²) < 4.78 is 23.1. The second-order valence-corrected chi connectivity index (χ2v) is 2.58. The SMILES string of the molecule is CC(O)CCCNC(=O)C(F)F. The smallest absolute Gasteiger partial charge is 0.315 e. The Balaban J connectivity index is 3.26. The van der Waals surface area contributed by atoms with E-state index < -0.39 is 18.4 Å². The molecule has 0 saturated carbocycles. The Hall–Kier alpha value is -0.710. The average molecular weight is 181 g/mol. The molecule has 0 saturated heterocycles. The summed E-state index contributed by atoms with van der Waals surface area (Å²) in [6.45, 7) is 1.79. The van der Waals surface area contributed by atoms with E-state index in [1.165, 1.54) is 0 Å². The molecule has 0 aliphatic rings. The molecule has 0 aromatic rings. The lowest BCUT2D eigenvalue weighted by Gasteiger charge is -2.05. The molecule has 1 atom stereocenters. The summed E-state index contributed by atoms with van der Waals surface area (Å²) in [4.78, 5) is 10.3. The van der Waals surface area contributed by atoms with Gasteiger partial charge in [0.05, 0.1) is 6.10 Å². The van der Waals surface area contributed by atoms with Crippen molar-refractivity contribution in [2.75, 3.05) is 6.54 Å². The number of nitrogens with one attached hydrogen (secondary N) is 1. The number of amides is 1. The number of aliphatic hydroxyl groups excluding tert-OH is 1. The van der Waals surface area contributed by atoms with Gasteiger partial charge in [-0.2, -0.15) is 8.78 Å². The normalized spacial score (nSPS) is 13.1. The highest BCUT2D eigenvalue weighted by molar-refractivity contribution is 5.78. The Labute approximate surface area is 69.8 Å². The molecule has 72 valence electrons. The van der Waals surface area contributed by atoms with Crippen molar-refractivity contribution < 1.29 is 18.7 Å². The molecule has 0 aliphatic carbocycles. The number of alkyl halides is 2. The zero-order valence-electron chi connectivity index (χ0n) is 6.89. The summed E-state index contributed by atoms with van der Waals surface area (Å²) in [7, 11) is 0. The highest BCUT2D eigenvalue weighted by Crippen LogP contribution is 1.95. The lowest BCUT2D eigenvalue weighted by molar-refractivity contribution is -0.131. The van der Waals surface area contributed by atoms with Crippen molar-refractivity contribution in [3.63, 3.8) is 0 Å². The van der Waals surface area contributed by atoms with Gasteiger partial charge >= 0.3 is 6.43 Å². The van der Waals surface area contributed by atoms with E-state index in [4.69, 9.17) is 5.11 Å². The Kier molecular flexibility index (Phi) is 5.53. The standard InChI is InChI=1S/C7H13F2NO2/c1-5(11)3-2-4-10-7(12)6(8)9/h5-6,11H,2-4H2,1H3,(H,10,12). The van der Waals surface area contributed by atoms with Crippen molar-refractivity contribution in [2.45, 2.75) is 32.3 Å². The van der Waals surface area contributed by atoms with Crippen LogP contribution in [0.25, 0.3) is 0 Å². The minimum atomic E-state index is -2.95. The van der Waals surface area contributed by atoms with Crippen molar-refractivity contribution >= 4 is 5.91 Å². The van der Waals surface area contributed by atoms with Gasteiger partial charge < -0.3 is 10.4 Å². The van der Waals surface area contributed by atoms with Crippen LogP contribution in [0.3, 0.4) is 0 Å². The van der Waals surface area contributed by atoms with E-state index in [1.807, 2.05) is 5.32 Å². The minimum absolute atomic E-state index is 0.189. The van der Waals surface area contributed by atoms with Gasteiger partial charge in [-0.15, -0.1) is 0 Å². The quantitative estimate of drug-likeness (QED) is 0.608. The molecule has 0 rings (SSSR count). The Morgan fingerprint density at radius 2 is 2.17 bits per heavy atom. The Bertz CT molecular complexity index is 139. The van der Waals surface area contributed by atoms with Crippen LogP contribution in [0.15, 0.2) is 0 Å². The molecule has 0 radical (unpaired) electrons. The highest BCUT2D eigenvalue weighted by atomic mass is 19.3. The van der Waals surface area contributed by atoms with Gasteiger partial charge in [0.15, 0.2) is 0 Å². The summed E-state index contributed by atoms with van der Waals surface area (Å²) in [6, 6.07) is 0. The third kappa shape index (κ3) is 6.03. The van der Waals surface area contributed by atoms with Crippen LogP contribution >= 0.6 is 0 Å². The van der Waals surface area contributed by atoms with Gasteiger partial charge in [-0.25, -0.2) is 0 Å². The zero-order valence-corrected chi connectivity index (χ0v) is 6.89. The van der Waals surface area contributed by atoms with Crippen LogP contribution in [-0.4, -0.2) is 30.1 Å². The zero-order chi connectivity index (χ0) is 9.56. The van der Waals surface area contributed by atoms with Crippen LogP contribution in [0.4, 0.5) is 8.78 Å². The lowest BCUT2D eigenvalue weighted by atomic mass is 10.2. The molecule has 0 spiro atoms. The molecule has 0 aromatic heterocycles. The topological polar surface area (TPSA) is 49.3 Å². The molecule has 0 fully saturated rings. The molecule has 5 heteroatoms. The Morgan fingerprint density at radius 3 is 2.58 bits per heavy atom. The van der Waals surface area contributed by atoms with Crippen molar-refractivity contribution in [3.8, 4) is 0 Å². The first-order chi connectivity index (χ1) is 5.54. The first-order valence-electron chi connectivity index (χ1n) is 3.78. The minimum Gasteiger partial charge on any atom is -0.393 e.